The lowest BCUT2D eigenvalue weighted by atomic mass is 10.4. The van der Waals surface area contributed by atoms with E-state index >= 15 is 0 Å². The third kappa shape index (κ3) is 1.82. The van der Waals surface area contributed by atoms with Crippen LogP contribution in [0.3, 0.4) is 0 Å². The van der Waals surface area contributed by atoms with Gasteiger partial charge < -0.3 is 0 Å². The monoisotopic (exact) mass is 256 g/mol. The smallest absolute Gasteiger partial charge is 0.0682 e. The molecule has 0 atom stereocenters. The van der Waals surface area contributed by atoms with E-state index in [4.69, 9.17) is 23.2 Å². The topological polar surface area (TPSA) is 0 Å². The Morgan fingerprint density at radius 2 is 1.90 bits per heavy atom. The van der Waals surface area contributed by atoms with E-state index in [2.05, 4.69) is 28.6 Å². The Morgan fingerprint density at radius 3 is 2.40 bits per heavy atom. The SMILES string of the molecule is Sc1cc(Cl)cc(Br)c1Cl. The van der Waals surface area contributed by atoms with Gasteiger partial charge in [-0.25, -0.2) is 0 Å². The first kappa shape index (κ1) is 8.72. The number of hydrogen-bond donors (Lipinski definition) is 1. The maximum absolute atomic E-state index is 5.77. The minimum atomic E-state index is 0.590. The van der Waals surface area contributed by atoms with Crippen LogP contribution in [0, 0.1) is 0 Å². The normalized spacial score (nSPS) is 10.0. The number of benzene rings is 1. The lowest BCUT2D eigenvalue weighted by Crippen LogP contribution is -1.72. The Balaban J connectivity index is 3.31. The fourth-order valence-electron chi connectivity index (χ4n) is 0.542. The Labute approximate surface area is 83.1 Å². The van der Waals surface area contributed by atoms with Crippen LogP contribution in [0.4, 0.5) is 0 Å². The minimum Gasteiger partial charge on any atom is -0.142 e. The molecule has 1 aromatic rings. The van der Waals surface area contributed by atoms with Crippen LogP contribution in [0.5, 0.6) is 0 Å². The molecule has 0 aromatic heterocycles. The van der Waals surface area contributed by atoms with Crippen LogP contribution in [-0.4, -0.2) is 0 Å². The van der Waals surface area contributed by atoms with Gasteiger partial charge in [-0.3, -0.25) is 0 Å². The Bertz CT molecular complexity index is 239. The molecule has 0 amide bonds. The Hall–Kier alpha value is 0.630. The van der Waals surface area contributed by atoms with Gasteiger partial charge in [0.15, 0.2) is 0 Å². The van der Waals surface area contributed by atoms with Crippen LogP contribution in [0.1, 0.15) is 0 Å². The zero-order chi connectivity index (χ0) is 7.72. The van der Waals surface area contributed by atoms with Crippen LogP contribution in [0.2, 0.25) is 10.0 Å². The molecule has 54 valence electrons. The Kier molecular flexibility index (Phi) is 2.92. The molecule has 1 rings (SSSR count). The van der Waals surface area contributed by atoms with Crippen molar-refractivity contribution in [1.82, 2.24) is 0 Å². The average Bonchev–Trinajstić information content (AvgIpc) is 1.82. The fraction of sp³-hybridized carbons (Fsp3) is 0. The van der Waals surface area contributed by atoms with Crippen molar-refractivity contribution in [2.24, 2.45) is 0 Å². The van der Waals surface area contributed by atoms with E-state index in [1.807, 2.05) is 0 Å². The van der Waals surface area contributed by atoms with Crippen LogP contribution in [0.25, 0.3) is 0 Å². The van der Waals surface area contributed by atoms with Crippen molar-refractivity contribution in [2.45, 2.75) is 4.90 Å². The van der Waals surface area contributed by atoms with E-state index < -0.39 is 0 Å². The van der Waals surface area contributed by atoms with E-state index in [-0.39, 0.29) is 0 Å². The molecule has 0 bridgehead atoms. The third-order valence-corrected chi connectivity index (χ3v) is 2.94. The molecule has 0 nitrogen and oxygen atoms in total. The maximum atomic E-state index is 5.77. The predicted molar refractivity (Wildman–Crippen MR) is 51.4 cm³/mol. The first-order chi connectivity index (χ1) is 4.61. The highest BCUT2D eigenvalue weighted by Gasteiger charge is 2.01. The molecule has 0 fully saturated rings. The molecule has 10 heavy (non-hydrogen) atoms. The number of thiol groups is 1. The van der Waals surface area contributed by atoms with E-state index in [1.165, 1.54) is 0 Å². The number of hydrogen-bond acceptors (Lipinski definition) is 1. The lowest BCUT2D eigenvalue weighted by Gasteiger charge is -1.99. The van der Waals surface area contributed by atoms with Gasteiger partial charge in [0.25, 0.3) is 0 Å². The second kappa shape index (κ2) is 3.35. The van der Waals surface area contributed by atoms with Gasteiger partial charge in [-0.1, -0.05) is 23.2 Å². The molecule has 0 spiro atoms. The molecule has 0 saturated heterocycles. The average molecular weight is 258 g/mol. The molecule has 0 saturated carbocycles. The van der Waals surface area contributed by atoms with Gasteiger partial charge in [-0.05, 0) is 28.1 Å². The van der Waals surface area contributed by atoms with Crippen molar-refractivity contribution < 1.29 is 0 Å². The van der Waals surface area contributed by atoms with E-state index in [0.29, 0.717) is 14.9 Å². The molecule has 0 aliphatic rings. The fourth-order valence-corrected chi connectivity index (χ4v) is 1.95. The van der Waals surface area contributed by atoms with E-state index in [9.17, 15) is 0 Å². The second-order valence-corrected chi connectivity index (χ2v) is 3.87. The summed E-state index contributed by atoms with van der Waals surface area (Å²) in [4.78, 5) is 0.682. The van der Waals surface area contributed by atoms with Crippen molar-refractivity contribution in [3.63, 3.8) is 0 Å². The first-order valence-corrected chi connectivity index (χ1v) is 4.44. The van der Waals surface area contributed by atoms with Gasteiger partial charge in [0.2, 0.25) is 0 Å². The molecule has 0 radical (unpaired) electrons. The minimum absolute atomic E-state index is 0.590. The van der Waals surface area contributed by atoms with Gasteiger partial charge in [0.1, 0.15) is 0 Å². The van der Waals surface area contributed by atoms with Crippen molar-refractivity contribution in [3.05, 3.63) is 26.7 Å². The molecule has 0 unspecified atom stereocenters. The zero-order valence-electron chi connectivity index (χ0n) is 4.74. The summed E-state index contributed by atoms with van der Waals surface area (Å²) in [6, 6.07) is 3.42. The molecule has 0 N–H and O–H groups in total. The maximum Gasteiger partial charge on any atom is 0.0682 e. The van der Waals surface area contributed by atoms with Crippen LogP contribution < -0.4 is 0 Å². The summed E-state index contributed by atoms with van der Waals surface area (Å²) in [6.07, 6.45) is 0. The standard InChI is InChI=1S/C6H3BrCl2S/c7-4-1-3(8)2-5(10)6(4)9/h1-2,10H. The van der Waals surface area contributed by atoms with Gasteiger partial charge in [0.05, 0.1) is 5.02 Å². The highest BCUT2D eigenvalue weighted by Crippen LogP contribution is 2.31. The molecule has 1 aromatic carbocycles. The largest absolute Gasteiger partial charge is 0.142 e. The van der Waals surface area contributed by atoms with Crippen molar-refractivity contribution in [1.29, 1.82) is 0 Å². The quantitative estimate of drug-likeness (QED) is 0.526. The summed E-state index contributed by atoms with van der Waals surface area (Å²) in [6.45, 7) is 0. The van der Waals surface area contributed by atoms with Crippen molar-refractivity contribution in [2.75, 3.05) is 0 Å². The molecular weight excluding hydrogens is 255 g/mol. The molecule has 0 heterocycles. The summed E-state index contributed by atoms with van der Waals surface area (Å²) < 4.78 is 0.770. The predicted octanol–water partition coefficient (Wildman–Crippen LogP) is 4.04. The third-order valence-electron chi connectivity index (χ3n) is 0.974. The highest BCUT2D eigenvalue weighted by atomic mass is 79.9. The highest BCUT2D eigenvalue weighted by molar-refractivity contribution is 9.10. The molecule has 0 aliphatic heterocycles. The van der Waals surface area contributed by atoms with Crippen LogP contribution in [-0.2, 0) is 0 Å². The summed E-state index contributed by atoms with van der Waals surface area (Å²) in [5, 5.41) is 1.22. The summed E-state index contributed by atoms with van der Waals surface area (Å²) in [5.74, 6) is 0. The zero-order valence-corrected chi connectivity index (χ0v) is 8.73. The van der Waals surface area contributed by atoms with E-state index in [1.54, 1.807) is 12.1 Å². The summed E-state index contributed by atoms with van der Waals surface area (Å²) >= 11 is 18.8. The van der Waals surface area contributed by atoms with Crippen LogP contribution in [0.15, 0.2) is 21.5 Å². The van der Waals surface area contributed by atoms with Crippen molar-refractivity contribution >= 4 is 51.8 Å². The molecule has 4 heteroatoms. The summed E-state index contributed by atoms with van der Waals surface area (Å²) in [7, 11) is 0. The number of rotatable bonds is 0. The van der Waals surface area contributed by atoms with Gasteiger partial charge >= 0.3 is 0 Å². The second-order valence-electron chi connectivity index (χ2n) is 1.72. The molecular formula is C6H3BrCl2S. The van der Waals surface area contributed by atoms with Crippen LogP contribution >= 0.6 is 51.8 Å². The van der Waals surface area contributed by atoms with Gasteiger partial charge in [-0.2, -0.15) is 0 Å². The molecule has 0 aliphatic carbocycles. The van der Waals surface area contributed by atoms with E-state index in [0.717, 1.165) is 4.47 Å². The van der Waals surface area contributed by atoms with Gasteiger partial charge in [0, 0.05) is 14.4 Å². The summed E-state index contributed by atoms with van der Waals surface area (Å²) in [5.41, 5.74) is 0. The lowest BCUT2D eigenvalue weighted by molar-refractivity contribution is 1.45. The van der Waals surface area contributed by atoms with Gasteiger partial charge in [-0.15, -0.1) is 12.6 Å². The number of halogens is 3. The Morgan fingerprint density at radius 1 is 1.30 bits per heavy atom. The first-order valence-electron chi connectivity index (χ1n) is 2.45. The van der Waals surface area contributed by atoms with Crippen molar-refractivity contribution in [3.8, 4) is 0 Å².